The summed E-state index contributed by atoms with van der Waals surface area (Å²) in [5.74, 6) is 0.769. The quantitative estimate of drug-likeness (QED) is 0.793. The van der Waals surface area contributed by atoms with Gasteiger partial charge in [0.05, 0.1) is 19.3 Å². The maximum atomic E-state index is 11.4. The first kappa shape index (κ1) is 15.1. The van der Waals surface area contributed by atoms with Gasteiger partial charge >= 0.3 is 13.2 Å². The van der Waals surface area contributed by atoms with Gasteiger partial charge in [0.15, 0.2) is 0 Å². The number of nitrogens with zero attached hydrogens (tertiary/aromatic N) is 1. The van der Waals surface area contributed by atoms with Crippen molar-refractivity contribution >= 4 is 18.7 Å². The Labute approximate surface area is 120 Å². The van der Waals surface area contributed by atoms with Gasteiger partial charge < -0.3 is 14.0 Å². The van der Waals surface area contributed by atoms with Gasteiger partial charge in [-0.05, 0) is 17.9 Å². The van der Waals surface area contributed by atoms with E-state index in [4.69, 9.17) is 9.31 Å². The monoisotopic (exact) mass is 279 g/mol. The van der Waals surface area contributed by atoms with Crippen molar-refractivity contribution in [1.82, 2.24) is 4.57 Å². The average Bonchev–Trinajstić information content (AvgIpc) is 3.03. The Morgan fingerprint density at radius 2 is 1.80 bits per heavy atom. The van der Waals surface area contributed by atoms with Crippen molar-refractivity contribution < 1.29 is 18.8 Å². The van der Waals surface area contributed by atoms with Crippen molar-refractivity contribution in [2.45, 2.75) is 39.9 Å². The van der Waals surface area contributed by atoms with Crippen LogP contribution in [0.3, 0.4) is 0 Å². The molecule has 0 bridgehead atoms. The smallest absolute Gasteiger partial charge is 0.452 e. The van der Waals surface area contributed by atoms with E-state index >= 15 is 0 Å². The molecule has 2 rings (SSSR count). The van der Waals surface area contributed by atoms with E-state index in [0.29, 0.717) is 11.8 Å². The lowest BCUT2D eigenvalue weighted by Crippen LogP contribution is -2.32. The second-order valence-corrected chi connectivity index (χ2v) is 5.84. The molecule has 0 aliphatic carbocycles. The fourth-order valence-electron chi connectivity index (χ4n) is 2.47. The first-order valence-electron chi connectivity index (χ1n) is 7.01. The standard InChI is InChI=1S/C14H22BNO4/c1-9(2)12-13(10(3)4)20-15(19-12)11-6-7-16(8-11)14(17)18-5/h6-10,12-13H,1-5H3. The molecule has 1 aromatic heterocycles. The van der Waals surface area contributed by atoms with E-state index in [1.807, 2.05) is 6.07 Å². The van der Waals surface area contributed by atoms with Crippen LogP contribution in [-0.4, -0.2) is 37.1 Å². The lowest BCUT2D eigenvalue weighted by Gasteiger charge is -2.24. The lowest BCUT2D eigenvalue weighted by atomic mass is 9.81. The third-order valence-corrected chi connectivity index (χ3v) is 3.57. The third kappa shape index (κ3) is 2.91. The summed E-state index contributed by atoms with van der Waals surface area (Å²) in [5.41, 5.74) is 0.837. The molecule has 0 radical (unpaired) electrons. The van der Waals surface area contributed by atoms with Crippen LogP contribution in [0.5, 0.6) is 0 Å². The highest BCUT2D eigenvalue weighted by atomic mass is 16.7. The second kappa shape index (κ2) is 6.02. The highest BCUT2D eigenvalue weighted by molar-refractivity contribution is 6.61. The van der Waals surface area contributed by atoms with Crippen LogP contribution in [0, 0.1) is 11.8 Å². The van der Waals surface area contributed by atoms with E-state index < -0.39 is 13.2 Å². The third-order valence-electron chi connectivity index (χ3n) is 3.57. The van der Waals surface area contributed by atoms with E-state index in [9.17, 15) is 4.79 Å². The van der Waals surface area contributed by atoms with Crippen LogP contribution in [0.2, 0.25) is 0 Å². The number of carbonyl (C=O) groups is 1. The van der Waals surface area contributed by atoms with Gasteiger partial charge in [-0.2, -0.15) is 0 Å². The van der Waals surface area contributed by atoms with E-state index in [2.05, 4.69) is 32.4 Å². The summed E-state index contributed by atoms with van der Waals surface area (Å²) in [4.78, 5) is 11.4. The molecule has 6 heteroatoms. The molecule has 110 valence electrons. The summed E-state index contributed by atoms with van der Waals surface area (Å²) in [6.45, 7) is 8.52. The van der Waals surface area contributed by atoms with Crippen LogP contribution in [0.15, 0.2) is 18.5 Å². The highest BCUT2D eigenvalue weighted by Gasteiger charge is 2.43. The molecule has 1 aromatic rings. The predicted octanol–water partition coefficient (Wildman–Crippen LogP) is 1.89. The van der Waals surface area contributed by atoms with Crippen LogP contribution in [0.25, 0.3) is 0 Å². The Hall–Kier alpha value is -1.27. The molecule has 1 fully saturated rings. The molecule has 0 amide bonds. The van der Waals surface area contributed by atoms with Crippen LogP contribution in [-0.2, 0) is 14.0 Å². The van der Waals surface area contributed by atoms with Crippen molar-refractivity contribution in [3.8, 4) is 0 Å². The minimum absolute atomic E-state index is 0.0708. The molecule has 0 saturated carbocycles. The zero-order chi connectivity index (χ0) is 14.9. The largest absolute Gasteiger partial charge is 0.496 e. The number of hydrogen-bond acceptors (Lipinski definition) is 4. The van der Waals surface area contributed by atoms with Crippen LogP contribution in [0.4, 0.5) is 4.79 Å². The Morgan fingerprint density at radius 1 is 1.25 bits per heavy atom. The molecular weight excluding hydrogens is 257 g/mol. The van der Waals surface area contributed by atoms with Crippen molar-refractivity contribution in [3.63, 3.8) is 0 Å². The summed E-state index contributed by atoms with van der Waals surface area (Å²) in [6, 6.07) is 1.82. The highest BCUT2D eigenvalue weighted by Crippen LogP contribution is 2.27. The summed E-state index contributed by atoms with van der Waals surface area (Å²) in [7, 11) is 0.939. The van der Waals surface area contributed by atoms with Gasteiger partial charge in [0, 0.05) is 17.9 Å². The Morgan fingerprint density at radius 3 is 2.25 bits per heavy atom. The maximum Gasteiger partial charge on any atom is 0.496 e. The number of rotatable bonds is 3. The number of methoxy groups -OCH3 is 1. The van der Waals surface area contributed by atoms with Crippen LogP contribution < -0.4 is 5.46 Å². The van der Waals surface area contributed by atoms with Crippen molar-refractivity contribution in [2.24, 2.45) is 11.8 Å². The van der Waals surface area contributed by atoms with Gasteiger partial charge in [-0.3, -0.25) is 4.57 Å². The van der Waals surface area contributed by atoms with Crippen molar-refractivity contribution in [3.05, 3.63) is 18.5 Å². The number of aromatic nitrogens is 1. The number of ether oxygens (including phenoxy) is 1. The zero-order valence-electron chi connectivity index (χ0n) is 12.7. The topological polar surface area (TPSA) is 49.7 Å². The minimum Gasteiger partial charge on any atom is -0.452 e. The van der Waals surface area contributed by atoms with Gasteiger partial charge in [0.2, 0.25) is 0 Å². The summed E-state index contributed by atoms with van der Waals surface area (Å²) in [5, 5.41) is 0. The molecule has 2 atom stereocenters. The fourth-order valence-corrected chi connectivity index (χ4v) is 2.47. The second-order valence-electron chi connectivity index (χ2n) is 5.84. The molecule has 0 spiro atoms. The van der Waals surface area contributed by atoms with Gasteiger partial charge in [-0.15, -0.1) is 0 Å². The molecule has 5 nitrogen and oxygen atoms in total. The van der Waals surface area contributed by atoms with E-state index in [1.165, 1.54) is 11.7 Å². The number of carbonyl (C=O) groups excluding carboxylic acids is 1. The molecule has 0 N–H and O–H groups in total. The zero-order valence-corrected chi connectivity index (χ0v) is 12.7. The fraction of sp³-hybridized carbons (Fsp3) is 0.643. The molecule has 0 aromatic carbocycles. The predicted molar refractivity (Wildman–Crippen MR) is 77.0 cm³/mol. The summed E-state index contributed by atoms with van der Waals surface area (Å²) < 4.78 is 18.1. The first-order chi connectivity index (χ1) is 9.43. The Balaban J connectivity index is 2.14. The summed E-state index contributed by atoms with van der Waals surface area (Å²) >= 11 is 0. The normalized spacial score (nSPS) is 22.9. The molecule has 1 aliphatic heterocycles. The molecular formula is C14H22BNO4. The molecule has 2 unspecified atom stereocenters. The van der Waals surface area contributed by atoms with Crippen LogP contribution in [0.1, 0.15) is 27.7 Å². The number of hydrogen-bond donors (Lipinski definition) is 0. The van der Waals surface area contributed by atoms with E-state index in [1.54, 1.807) is 12.4 Å². The lowest BCUT2D eigenvalue weighted by molar-refractivity contribution is 0.0815. The minimum atomic E-state index is -0.421. The Bertz CT molecular complexity index is 455. The van der Waals surface area contributed by atoms with Crippen molar-refractivity contribution in [2.75, 3.05) is 7.11 Å². The van der Waals surface area contributed by atoms with Crippen LogP contribution >= 0.6 is 0 Å². The summed E-state index contributed by atoms with van der Waals surface area (Å²) in [6.07, 6.45) is 3.07. The molecule has 1 saturated heterocycles. The first-order valence-corrected chi connectivity index (χ1v) is 7.01. The van der Waals surface area contributed by atoms with Gasteiger partial charge in [-0.25, -0.2) is 4.79 Å². The van der Waals surface area contributed by atoms with Gasteiger partial charge in [-0.1, -0.05) is 27.7 Å². The Kier molecular flexibility index (Phi) is 4.55. The van der Waals surface area contributed by atoms with Gasteiger partial charge in [0.1, 0.15) is 0 Å². The maximum absolute atomic E-state index is 11.4. The molecule has 1 aliphatic rings. The van der Waals surface area contributed by atoms with E-state index in [0.717, 1.165) is 5.46 Å². The molecule has 2 heterocycles. The van der Waals surface area contributed by atoms with E-state index in [-0.39, 0.29) is 12.2 Å². The van der Waals surface area contributed by atoms with Gasteiger partial charge in [0.25, 0.3) is 0 Å². The van der Waals surface area contributed by atoms with Crippen molar-refractivity contribution in [1.29, 1.82) is 0 Å². The average molecular weight is 279 g/mol. The molecule has 20 heavy (non-hydrogen) atoms. The SMILES string of the molecule is COC(=O)n1ccc(B2OC(C(C)C)C(C(C)C)O2)c1.